The molecule has 4 N–H and O–H groups in total. The van der Waals surface area contributed by atoms with Crippen LogP contribution in [0.3, 0.4) is 0 Å². The van der Waals surface area contributed by atoms with E-state index in [0.29, 0.717) is 53.4 Å². The Bertz CT molecular complexity index is 1180. The second-order valence-electron chi connectivity index (χ2n) is 12.1. The Morgan fingerprint density at radius 3 is 2.59 bits per heavy atom. The van der Waals surface area contributed by atoms with Crippen molar-refractivity contribution in [1.29, 1.82) is 0 Å². The number of aliphatic hydroxyl groups is 1. The van der Waals surface area contributed by atoms with Crippen molar-refractivity contribution in [1.82, 2.24) is 10.6 Å². The molecule has 9 heteroatoms. The molecule has 2 fully saturated rings. The first-order valence-corrected chi connectivity index (χ1v) is 14.8. The number of carbonyl (C=O) groups excluding carboxylic acids is 2. The second-order valence-corrected chi connectivity index (χ2v) is 13.3. The molecule has 3 aliphatic rings. The summed E-state index contributed by atoms with van der Waals surface area (Å²) in [6, 6.07) is 4.36. The van der Waals surface area contributed by atoms with E-state index < -0.39 is 17.4 Å². The van der Waals surface area contributed by atoms with E-state index in [9.17, 15) is 14.7 Å². The molecule has 212 valence electrons. The lowest BCUT2D eigenvalue weighted by molar-refractivity contribution is -0.125. The average Bonchev–Trinajstić information content (AvgIpc) is 3.34. The first kappa shape index (κ1) is 30.1. The number of amides is 2. The van der Waals surface area contributed by atoms with Crippen LogP contribution in [-0.2, 0) is 15.0 Å². The number of anilines is 1. The maximum Gasteiger partial charge on any atom is 0.238 e. The number of fused-ring (bicyclic) bond motifs is 2. The van der Waals surface area contributed by atoms with Gasteiger partial charge in [-0.1, -0.05) is 68.8 Å². The Morgan fingerprint density at radius 2 is 1.95 bits per heavy atom. The van der Waals surface area contributed by atoms with Crippen molar-refractivity contribution in [3.63, 3.8) is 0 Å². The largest absolute Gasteiger partial charge is 0.393 e. The van der Waals surface area contributed by atoms with Gasteiger partial charge in [0.05, 0.1) is 18.0 Å². The standard InChI is InChI=1S/C30H38Cl3N3O3/c1-17(6-5-7-19(33)16-31)25-26(27(38)34-20-9-11-21(37)12-10-20)36-24(15-29(2,3)4)30(25)22-13-8-18(32)14-23(22)35-28(30)39/h5-8,13-14,20-21,24-26,36-37H,1,9-12,15-16H2,2-4H3,(H,34,38)(H,35,39)/b6-5-,19-7+/t20-,21-,24-,25+,26-,30+/m1/s1. The van der Waals surface area contributed by atoms with Crippen LogP contribution in [0.4, 0.5) is 5.69 Å². The third kappa shape index (κ3) is 6.25. The minimum absolute atomic E-state index is 0.0290. The zero-order valence-electron chi connectivity index (χ0n) is 22.7. The molecule has 1 aromatic rings. The van der Waals surface area contributed by atoms with Gasteiger partial charge in [0.2, 0.25) is 11.8 Å². The Balaban J connectivity index is 1.81. The van der Waals surface area contributed by atoms with Crippen molar-refractivity contribution < 1.29 is 14.7 Å². The van der Waals surface area contributed by atoms with Crippen molar-refractivity contribution >= 4 is 52.3 Å². The van der Waals surface area contributed by atoms with Gasteiger partial charge in [-0.05, 0) is 66.9 Å². The lowest BCUT2D eigenvalue weighted by Crippen LogP contribution is -2.51. The number of aliphatic hydroxyl groups excluding tert-OH is 1. The quantitative estimate of drug-likeness (QED) is 0.237. The molecular formula is C30H38Cl3N3O3. The van der Waals surface area contributed by atoms with E-state index in [4.69, 9.17) is 34.8 Å². The molecule has 1 saturated heterocycles. The van der Waals surface area contributed by atoms with Gasteiger partial charge in [0.25, 0.3) is 0 Å². The van der Waals surface area contributed by atoms with Crippen molar-refractivity contribution in [2.75, 3.05) is 11.2 Å². The van der Waals surface area contributed by atoms with E-state index in [1.807, 2.05) is 6.07 Å². The summed E-state index contributed by atoms with van der Waals surface area (Å²) < 4.78 is 0. The van der Waals surface area contributed by atoms with E-state index in [2.05, 4.69) is 43.3 Å². The first-order valence-electron chi connectivity index (χ1n) is 13.5. The fraction of sp³-hybridized carbons (Fsp3) is 0.533. The van der Waals surface area contributed by atoms with Crippen LogP contribution in [0.1, 0.15) is 58.4 Å². The van der Waals surface area contributed by atoms with Gasteiger partial charge >= 0.3 is 0 Å². The van der Waals surface area contributed by atoms with Crippen molar-refractivity contribution in [2.45, 2.75) is 82.5 Å². The van der Waals surface area contributed by atoms with Crippen LogP contribution in [0.2, 0.25) is 5.02 Å². The fourth-order valence-corrected chi connectivity index (χ4v) is 6.74. The highest BCUT2D eigenvalue weighted by Crippen LogP contribution is 2.55. The van der Waals surface area contributed by atoms with E-state index in [1.54, 1.807) is 30.4 Å². The molecule has 2 amide bonds. The number of alkyl halides is 1. The summed E-state index contributed by atoms with van der Waals surface area (Å²) in [5, 5.41) is 20.8. The number of benzene rings is 1. The van der Waals surface area contributed by atoms with Crippen LogP contribution in [-0.4, -0.2) is 47.0 Å². The van der Waals surface area contributed by atoms with Crippen LogP contribution in [0.5, 0.6) is 0 Å². The molecule has 0 bridgehead atoms. The maximum atomic E-state index is 14.1. The van der Waals surface area contributed by atoms with Crippen LogP contribution in [0, 0.1) is 11.3 Å². The van der Waals surface area contributed by atoms with Crippen LogP contribution >= 0.6 is 34.8 Å². The maximum absolute atomic E-state index is 14.1. The molecular weight excluding hydrogens is 557 g/mol. The zero-order valence-corrected chi connectivity index (χ0v) is 25.0. The lowest BCUT2D eigenvalue weighted by atomic mass is 9.62. The summed E-state index contributed by atoms with van der Waals surface area (Å²) in [5.74, 6) is -0.748. The summed E-state index contributed by atoms with van der Waals surface area (Å²) in [6.07, 6.45) is 8.31. The van der Waals surface area contributed by atoms with Crippen LogP contribution in [0.25, 0.3) is 0 Å². The third-order valence-electron chi connectivity index (χ3n) is 8.06. The molecule has 1 aliphatic carbocycles. The molecule has 1 spiro atoms. The number of carbonyl (C=O) groups is 2. The van der Waals surface area contributed by atoms with E-state index in [-0.39, 0.29) is 41.3 Å². The second kappa shape index (κ2) is 12.0. The summed E-state index contributed by atoms with van der Waals surface area (Å²) in [7, 11) is 0. The van der Waals surface area contributed by atoms with E-state index in [0.717, 1.165) is 5.56 Å². The number of rotatable bonds is 7. The monoisotopic (exact) mass is 593 g/mol. The first-order chi connectivity index (χ1) is 18.4. The third-order valence-corrected chi connectivity index (χ3v) is 8.98. The minimum Gasteiger partial charge on any atom is -0.393 e. The highest BCUT2D eigenvalue weighted by molar-refractivity contribution is 6.35. The van der Waals surface area contributed by atoms with Crippen LogP contribution in [0.15, 0.2) is 53.6 Å². The molecule has 0 aromatic heterocycles. The number of halogens is 3. The van der Waals surface area contributed by atoms with Gasteiger partial charge in [-0.15, -0.1) is 11.6 Å². The zero-order chi connectivity index (χ0) is 28.5. The Morgan fingerprint density at radius 1 is 1.26 bits per heavy atom. The highest BCUT2D eigenvalue weighted by Gasteiger charge is 2.65. The molecule has 2 heterocycles. The summed E-state index contributed by atoms with van der Waals surface area (Å²) in [6.45, 7) is 10.8. The molecule has 2 aliphatic heterocycles. The number of hydrogen-bond acceptors (Lipinski definition) is 4. The number of nitrogens with one attached hydrogen (secondary N) is 3. The van der Waals surface area contributed by atoms with E-state index in [1.165, 1.54) is 0 Å². The minimum atomic E-state index is -1.08. The summed E-state index contributed by atoms with van der Waals surface area (Å²) in [5.41, 5.74) is 0.875. The van der Waals surface area contributed by atoms with Gasteiger partial charge in [-0.25, -0.2) is 0 Å². The normalized spacial score (nSPS) is 31.0. The SMILES string of the molecule is C=C(/C=C\C=C(\Cl)CCl)[C@H]1[C@H](C(=O)N[C@H]2CC[C@H](O)CC2)N[C@H](CC(C)(C)C)[C@]12C(=O)Nc1cc(Cl)ccc12. The number of hydrogen-bond donors (Lipinski definition) is 4. The van der Waals surface area contributed by atoms with E-state index >= 15 is 0 Å². The smallest absolute Gasteiger partial charge is 0.238 e. The summed E-state index contributed by atoms with van der Waals surface area (Å²) >= 11 is 18.2. The predicted molar refractivity (Wildman–Crippen MR) is 159 cm³/mol. The van der Waals surface area contributed by atoms with Gasteiger partial charge in [-0.2, -0.15) is 0 Å². The Labute approximate surface area is 246 Å². The van der Waals surface area contributed by atoms with Gasteiger partial charge in [0.1, 0.15) is 5.41 Å². The summed E-state index contributed by atoms with van der Waals surface area (Å²) in [4.78, 5) is 28.1. The fourth-order valence-electron chi connectivity index (χ4n) is 6.41. The van der Waals surface area contributed by atoms with Crippen molar-refractivity contribution in [3.8, 4) is 0 Å². The molecule has 1 saturated carbocycles. The molecule has 39 heavy (non-hydrogen) atoms. The van der Waals surface area contributed by atoms with Crippen molar-refractivity contribution in [3.05, 3.63) is 64.2 Å². The number of allylic oxidation sites excluding steroid dienone is 4. The Kier molecular flexibility index (Phi) is 9.24. The highest BCUT2D eigenvalue weighted by atomic mass is 35.5. The predicted octanol–water partition coefficient (Wildman–Crippen LogP) is 5.82. The lowest BCUT2D eigenvalue weighted by Gasteiger charge is -2.38. The topological polar surface area (TPSA) is 90.5 Å². The van der Waals surface area contributed by atoms with Gasteiger partial charge in [0.15, 0.2) is 0 Å². The average molecular weight is 595 g/mol. The van der Waals surface area contributed by atoms with Crippen LogP contribution < -0.4 is 16.0 Å². The molecule has 1 aromatic carbocycles. The molecule has 4 atom stereocenters. The molecule has 0 unspecified atom stereocenters. The van der Waals surface area contributed by atoms with Gasteiger partial charge in [0, 0.05) is 33.7 Å². The van der Waals surface area contributed by atoms with Gasteiger partial charge in [-0.3, -0.25) is 9.59 Å². The Hall–Kier alpha value is -1.83. The van der Waals surface area contributed by atoms with Gasteiger partial charge < -0.3 is 21.1 Å². The molecule has 6 nitrogen and oxygen atoms in total. The van der Waals surface area contributed by atoms with Crippen molar-refractivity contribution in [2.24, 2.45) is 11.3 Å². The molecule has 0 radical (unpaired) electrons. The molecule has 4 rings (SSSR count).